The molecule has 2 heterocycles. The maximum absolute atomic E-state index is 14.3. The van der Waals surface area contributed by atoms with Crippen LogP contribution in [0, 0.1) is 0 Å². The number of rotatable bonds is 2. The smallest absolute Gasteiger partial charge is 0.412 e. The molecule has 2 atom stereocenters. The lowest BCUT2D eigenvalue weighted by Gasteiger charge is -2.33. The normalized spacial score (nSPS) is 22.7. The van der Waals surface area contributed by atoms with E-state index >= 15 is 0 Å². The first-order valence-corrected chi connectivity index (χ1v) is 7.71. The highest BCUT2D eigenvalue weighted by atomic mass is 19.1. The summed E-state index contributed by atoms with van der Waals surface area (Å²) >= 11 is 0. The van der Waals surface area contributed by atoms with E-state index in [1.807, 2.05) is 11.9 Å². The van der Waals surface area contributed by atoms with Crippen molar-refractivity contribution in [3.8, 4) is 0 Å². The summed E-state index contributed by atoms with van der Waals surface area (Å²) in [5.41, 5.74) is -0.987. The summed E-state index contributed by atoms with van der Waals surface area (Å²) in [7, 11) is 1.85. The fraction of sp³-hybridized carbons (Fsp3) is 0.625. The van der Waals surface area contributed by atoms with Gasteiger partial charge in [-0.1, -0.05) is 0 Å². The van der Waals surface area contributed by atoms with E-state index in [9.17, 15) is 14.0 Å². The van der Waals surface area contributed by atoms with Crippen LogP contribution in [0.15, 0.2) is 23.1 Å². The minimum absolute atomic E-state index is 0.0906. The first kappa shape index (κ1) is 17.5. The molecule has 6 nitrogen and oxygen atoms in total. The Morgan fingerprint density at radius 1 is 1.43 bits per heavy atom. The molecule has 0 radical (unpaired) electrons. The van der Waals surface area contributed by atoms with Crippen molar-refractivity contribution in [3.05, 3.63) is 28.7 Å². The molecule has 0 bridgehead atoms. The molecular weight excluding hydrogens is 301 g/mol. The Bertz CT molecular complexity index is 624. The minimum atomic E-state index is -1.12. The summed E-state index contributed by atoms with van der Waals surface area (Å²) in [5.74, 6) is 0. The van der Waals surface area contributed by atoms with E-state index in [0.29, 0.717) is 13.0 Å². The Balaban J connectivity index is 2.18. The molecule has 1 aliphatic rings. The second kappa shape index (κ2) is 6.70. The lowest BCUT2D eigenvalue weighted by Crippen LogP contribution is -2.43. The number of halogens is 1. The molecule has 0 spiro atoms. The zero-order valence-corrected chi connectivity index (χ0v) is 14.0. The average Bonchev–Trinajstić information content (AvgIpc) is 2.40. The van der Waals surface area contributed by atoms with Crippen LogP contribution in [0.3, 0.4) is 0 Å². The topological polar surface area (TPSA) is 63.6 Å². The number of nitrogens with zero attached hydrogens (tertiary/aromatic N) is 2. The number of carbonyl (C=O) groups is 1. The van der Waals surface area contributed by atoms with Crippen LogP contribution in [0.25, 0.3) is 0 Å². The number of piperidine rings is 1. The van der Waals surface area contributed by atoms with Crippen LogP contribution < -0.4 is 10.9 Å². The van der Waals surface area contributed by atoms with Crippen LogP contribution in [0.1, 0.15) is 33.2 Å². The van der Waals surface area contributed by atoms with Gasteiger partial charge in [0.15, 0.2) is 0 Å². The van der Waals surface area contributed by atoms with Gasteiger partial charge in [0.05, 0.1) is 6.04 Å². The highest BCUT2D eigenvalue weighted by Crippen LogP contribution is 2.23. The number of ether oxygens (including phenoxy) is 1. The number of pyridine rings is 1. The number of nitrogens with one attached hydrogen (secondary N) is 1. The number of amides is 1. The van der Waals surface area contributed by atoms with E-state index in [2.05, 4.69) is 5.32 Å². The van der Waals surface area contributed by atoms with Crippen LogP contribution in [-0.2, 0) is 4.74 Å². The largest absolute Gasteiger partial charge is 0.444 e. The molecule has 1 aromatic heterocycles. The number of hydrogen-bond acceptors (Lipinski definition) is 4. The number of hydrogen-bond donors (Lipinski definition) is 1. The molecule has 0 aliphatic carbocycles. The summed E-state index contributed by atoms with van der Waals surface area (Å²) in [6, 6.07) is 2.60. The lowest BCUT2D eigenvalue weighted by molar-refractivity contribution is 0.0635. The number of likely N-dealkylation sites (tertiary alicyclic amines) is 1. The molecule has 0 aromatic carbocycles. The van der Waals surface area contributed by atoms with Crippen molar-refractivity contribution in [2.24, 2.45) is 0 Å². The molecule has 128 valence electrons. The average molecular weight is 325 g/mol. The molecule has 0 saturated carbocycles. The predicted molar refractivity (Wildman–Crippen MR) is 86.6 cm³/mol. The van der Waals surface area contributed by atoms with Crippen LogP contribution in [0.5, 0.6) is 0 Å². The maximum Gasteiger partial charge on any atom is 0.412 e. The van der Waals surface area contributed by atoms with Gasteiger partial charge in [0.25, 0.3) is 5.56 Å². The number of carbonyl (C=O) groups excluding carboxylic acids is 1. The zero-order valence-electron chi connectivity index (χ0n) is 14.0. The molecule has 23 heavy (non-hydrogen) atoms. The predicted octanol–water partition coefficient (Wildman–Crippen LogP) is 2.41. The van der Waals surface area contributed by atoms with E-state index in [4.69, 9.17) is 4.74 Å². The molecule has 1 N–H and O–H groups in total. The van der Waals surface area contributed by atoms with Crippen LogP contribution >= 0.6 is 0 Å². The van der Waals surface area contributed by atoms with Crippen molar-refractivity contribution < 1.29 is 13.9 Å². The van der Waals surface area contributed by atoms with Crippen molar-refractivity contribution >= 4 is 11.8 Å². The minimum Gasteiger partial charge on any atom is -0.444 e. The standard InChI is InChI=1S/C16H24FN3O3/c1-16(2,3)23-15(22)18-12-6-5-8-20(14(12)21)13-7-9-19(4)10-11(13)17/h5-6,8,11,13H,7,9-10H2,1-4H3,(H,18,22)/t11-,13-/m1/s1. The summed E-state index contributed by atoms with van der Waals surface area (Å²) in [6.07, 6.45) is 0.286. The van der Waals surface area contributed by atoms with E-state index in [1.165, 1.54) is 10.6 Å². The van der Waals surface area contributed by atoms with Crippen molar-refractivity contribution in [2.45, 2.75) is 45.0 Å². The van der Waals surface area contributed by atoms with Gasteiger partial charge in [0.1, 0.15) is 17.5 Å². The second-order valence-electron chi connectivity index (χ2n) is 6.90. The molecule has 2 rings (SSSR count). The Hall–Kier alpha value is -1.89. The molecule has 1 fully saturated rings. The third-order valence-corrected chi connectivity index (χ3v) is 3.68. The van der Waals surface area contributed by atoms with Crippen molar-refractivity contribution in [1.29, 1.82) is 0 Å². The first-order chi connectivity index (χ1) is 10.7. The lowest BCUT2D eigenvalue weighted by atomic mass is 10.0. The maximum atomic E-state index is 14.3. The third kappa shape index (κ3) is 4.54. The number of alkyl halides is 1. The summed E-state index contributed by atoms with van der Waals surface area (Å²) in [5, 5.41) is 2.44. The summed E-state index contributed by atoms with van der Waals surface area (Å²) < 4.78 is 20.8. The molecular formula is C16H24FN3O3. The van der Waals surface area contributed by atoms with Gasteiger partial charge in [0, 0.05) is 19.3 Å². The highest BCUT2D eigenvalue weighted by molar-refractivity contribution is 5.84. The van der Waals surface area contributed by atoms with Gasteiger partial charge >= 0.3 is 6.09 Å². The van der Waals surface area contributed by atoms with Gasteiger partial charge in [-0.15, -0.1) is 0 Å². The van der Waals surface area contributed by atoms with Gasteiger partial charge in [-0.3, -0.25) is 10.1 Å². The highest BCUT2D eigenvalue weighted by Gasteiger charge is 2.30. The molecule has 1 saturated heterocycles. The third-order valence-electron chi connectivity index (χ3n) is 3.68. The fourth-order valence-corrected chi connectivity index (χ4v) is 2.64. The number of aromatic nitrogens is 1. The van der Waals surface area contributed by atoms with Gasteiger partial charge in [-0.2, -0.15) is 0 Å². The zero-order chi connectivity index (χ0) is 17.2. The van der Waals surface area contributed by atoms with Gasteiger partial charge < -0.3 is 14.2 Å². The van der Waals surface area contributed by atoms with Crippen molar-refractivity contribution in [3.63, 3.8) is 0 Å². The molecule has 7 heteroatoms. The van der Waals surface area contributed by atoms with E-state index in [-0.39, 0.29) is 5.69 Å². The molecule has 1 aromatic rings. The second-order valence-corrected chi connectivity index (χ2v) is 6.90. The quantitative estimate of drug-likeness (QED) is 0.907. The molecule has 1 aliphatic heterocycles. The van der Waals surface area contributed by atoms with Gasteiger partial charge in [0.2, 0.25) is 0 Å². The molecule has 0 unspecified atom stereocenters. The van der Waals surface area contributed by atoms with E-state index in [0.717, 1.165) is 6.54 Å². The van der Waals surface area contributed by atoms with Crippen molar-refractivity contribution in [2.75, 3.05) is 25.5 Å². The Morgan fingerprint density at radius 3 is 2.74 bits per heavy atom. The summed E-state index contributed by atoms with van der Waals surface area (Å²) in [6.45, 7) is 6.23. The Morgan fingerprint density at radius 2 is 2.13 bits per heavy atom. The van der Waals surface area contributed by atoms with Crippen LogP contribution in [0.4, 0.5) is 14.9 Å². The van der Waals surface area contributed by atoms with Crippen molar-refractivity contribution in [1.82, 2.24) is 9.47 Å². The monoisotopic (exact) mass is 325 g/mol. The fourth-order valence-electron chi connectivity index (χ4n) is 2.64. The van der Waals surface area contributed by atoms with Gasteiger partial charge in [-0.05, 0) is 46.4 Å². The summed E-state index contributed by atoms with van der Waals surface area (Å²) in [4.78, 5) is 26.2. The van der Waals surface area contributed by atoms with E-state index in [1.54, 1.807) is 33.0 Å². The van der Waals surface area contributed by atoms with Crippen LogP contribution in [-0.4, -0.2) is 47.5 Å². The first-order valence-electron chi connectivity index (χ1n) is 7.71. The van der Waals surface area contributed by atoms with Crippen LogP contribution in [0.2, 0.25) is 0 Å². The SMILES string of the molecule is CN1CC[C@@H](n2cccc(NC(=O)OC(C)(C)C)c2=O)[C@H](F)C1. The Labute approximate surface area is 135 Å². The van der Waals surface area contributed by atoms with Gasteiger partial charge in [-0.25, -0.2) is 9.18 Å². The molecule has 1 amide bonds. The number of anilines is 1. The van der Waals surface area contributed by atoms with E-state index < -0.39 is 29.5 Å². The Kier molecular flexibility index (Phi) is 5.09.